The Morgan fingerprint density at radius 2 is 1.94 bits per heavy atom. The van der Waals surface area contributed by atoms with Gasteiger partial charge in [-0.15, -0.1) is 0 Å². The van der Waals surface area contributed by atoms with Gasteiger partial charge in [-0.3, -0.25) is 4.79 Å². The van der Waals surface area contributed by atoms with Gasteiger partial charge in [0.25, 0.3) is 0 Å². The lowest BCUT2D eigenvalue weighted by atomic mass is 9.94. The summed E-state index contributed by atoms with van der Waals surface area (Å²) in [4.78, 5) is 12.0. The predicted molar refractivity (Wildman–Crippen MR) is 67.9 cm³/mol. The van der Waals surface area contributed by atoms with Crippen LogP contribution in [0.25, 0.3) is 0 Å². The zero-order chi connectivity index (χ0) is 12.3. The zero-order valence-corrected chi connectivity index (χ0v) is 10.6. The standard InChI is InChI=1S/C14H21NO/c1-9(2)12-6-5-10(3)13(8-12)14(16)7-11(4)15/h5-6,8-9,11H,7,15H2,1-4H3. The van der Waals surface area contributed by atoms with Gasteiger partial charge in [0.1, 0.15) is 0 Å². The van der Waals surface area contributed by atoms with E-state index in [0.29, 0.717) is 12.3 Å². The molecule has 0 heterocycles. The van der Waals surface area contributed by atoms with Gasteiger partial charge in [-0.05, 0) is 37.0 Å². The van der Waals surface area contributed by atoms with Crippen molar-refractivity contribution in [3.05, 3.63) is 34.9 Å². The molecule has 0 fully saturated rings. The van der Waals surface area contributed by atoms with E-state index >= 15 is 0 Å². The first kappa shape index (κ1) is 12.9. The van der Waals surface area contributed by atoms with Crippen molar-refractivity contribution < 1.29 is 4.79 Å². The van der Waals surface area contributed by atoms with E-state index in [1.807, 2.05) is 26.0 Å². The third-order valence-electron chi connectivity index (χ3n) is 2.74. The molecule has 88 valence electrons. The molecule has 2 heteroatoms. The van der Waals surface area contributed by atoms with Gasteiger partial charge in [0.2, 0.25) is 0 Å². The molecule has 1 aromatic carbocycles. The number of carbonyl (C=O) groups excluding carboxylic acids is 1. The molecule has 16 heavy (non-hydrogen) atoms. The van der Waals surface area contributed by atoms with Crippen LogP contribution < -0.4 is 5.73 Å². The molecular formula is C14H21NO. The average molecular weight is 219 g/mol. The number of rotatable bonds is 4. The Morgan fingerprint density at radius 3 is 2.44 bits per heavy atom. The lowest BCUT2D eigenvalue weighted by Gasteiger charge is -2.11. The molecule has 1 unspecified atom stereocenters. The van der Waals surface area contributed by atoms with Crippen molar-refractivity contribution >= 4 is 5.78 Å². The number of nitrogens with two attached hydrogens (primary N) is 1. The van der Waals surface area contributed by atoms with Gasteiger partial charge in [0.15, 0.2) is 5.78 Å². The summed E-state index contributed by atoms with van der Waals surface area (Å²) in [6.07, 6.45) is 0.419. The van der Waals surface area contributed by atoms with E-state index in [1.54, 1.807) is 0 Å². The molecule has 1 rings (SSSR count). The highest BCUT2D eigenvalue weighted by atomic mass is 16.1. The van der Waals surface area contributed by atoms with E-state index < -0.39 is 0 Å². The zero-order valence-electron chi connectivity index (χ0n) is 10.6. The van der Waals surface area contributed by atoms with Crippen molar-refractivity contribution in [2.75, 3.05) is 0 Å². The molecule has 0 spiro atoms. The minimum absolute atomic E-state index is 0.0744. The summed E-state index contributed by atoms with van der Waals surface area (Å²) in [5, 5.41) is 0. The number of Topliss-reactive ketones (excluding diaryl/α,β-unsaturated/α-hetero) is 1. The Hall–Kier alpha value is -1.15. The third kappa shape index (κ3) is 3.17. The quantitative estimate of drug-likeness (QED) is 0.791. The Balaban J connectivity index is 3.02. The summed E-state index contributed by atoms with van der Waals surface area (Å²) >= 11 is 0. The number of hydrogen-bond acceptors (Lipinski definition) is 2. The summed E-state index contributed by atoms with van der Waals surface area (Å²) in [6.45, 7) is 8.09. The molecule has 0 saturated heterocycles. The van der Waals surface area contributed by atoms with Gasteiger partial charge in [0.05, 0.1) is 0 Å². The first-order valence-corrected chi connectivity index (χ1v) is 5.81. The van der Waals surface area contributed by atoms with Crippen LogP contribution in [0.15, 0.2) is 18.2 Å². The number of hydrogen-bond donors (Lipinski definition) is 1. The minimum atomic E-state index is -0.0744. The fraction of sp³-hybridized carbons (Fsp3) is 0.500. The molecule has 0 aromatic heterocycles. The molecule has 0 bridgehead atoms. The fourth-order valence-electron chi connectivity index (χ4n) is 1.70. The van der Waals surface area contributed by atoms with Crippen LogP contribution in [0.2, 0.25) is 0 Å². The highest BCUT2D eigenvalue weighted by molar-refractivity contribution is 5.97. The normalized spacial score (nSPS) is 12.9. The first-order valence-electron chi connectivity index (χ1n) is 5.81. The summed E-state index contributed by atoms with van der Waals surface area (Å²) in [5.74, 6) is 0.595. The second-order valence-electron chi connectivity index (χ2n) is 4.83. The molecule has 2 nitrogen and oxygen atoms in total. The van der Waals surface area contributed by atoms with E-state index in [2.05, 4.69) is 19.9 Å². The number of aryl methyl sites for hydroxylation is 1. The van der Waals surface area contributed by atoms with Crippen molar-refractivity contribution in [2.45, 2.75) is 46.1 Å². The predicted octanol–water partition coefficient (Wildman–Crippen LogP) is 3.04. The van der Waals surface area contributed by atoms with Gasteiger partial charge in [-0.1, -0.05) is 26.0 Å². The van der Waals surface area contributed by atoms with Gasteiger partial charge >= 0.3 is 0 Å². The van der Waals surface area contributed by atoms with Crippen LogP contribution >= 0.6 is 0 Å². The third-order valence-corrected chi connectivity index (χ3v) is 2.74. The van der Waals surface area contributed by atoms with E-state index in [9.17, 15) is 4.79 Å². The molecule has 0 aliphatic heterocycles. The first-order chi connectivity index (χ1) is 7.41. The maximum absolute atomic E-state index is 12.0. The largest absolute Gasteiger partial charge is 0.328 e. The number of ketones is 1. The van der Waals surface area contributed by atoms with Crippen LogP contribution in [0.3, 0.4) is 0 Å². The van der Waals surface area contributed by atoms with Crippen LogP contribution in [-0.2, 0) is 0 Å². The Kier molecular flexibility index (Phi) is 4.25. The molecule has 0 saturated carbocycles. The van der Waals surface area contributed by atoms with Crippen molar-refractivity contribution in [1.82, 2.24) is 0 Å². The van der Waals surface area contributed by atoms with E-state index in [0.717, 1.165) is 11.1 Å². The molecular weight excluding hydrogens is 198 g/mol. The average Bonchev–Trinajstić information content (AvgIpc) is 2.16. The van der Waals surface area contributed by atoms with E-state index in [1.165, 1.54) is 5.56 Å². The molecule has 0 aliphatic carbocycles. The Morgan fingerprint density at radius 1 is 1.31 bits per heavy atom. The maximum atomic E-state index is 12.0. The number of benzene rings is 1. The Bertz CT molecular complexity index is 380. The van der Waals surface area contributed by atoms with Crippen molar-refractivity contribution in [1.29, 1.82) is 0 Å². The second-order valence-corrected chi connectivity index (χ2v) is 4.83. The molecule has 1 aromatic rings. The van der Waals surface area contributed by atoms with Gasteiger partial charge in [-0.2, -0.15) is 0 Å². The van der Waals surface area contributed by atoms with Crippen molar-refractivity contribution in [2.24, 2.45) is 5.73 Å². The highest BCUT2D eigenvalue weighted by Gasteiger charge is 2.12. The SMILES string of the molecule is Cc1ccc(C(C)C)cc1C(=O)CC(C)N. The summed E-state index contributed by atoms with van der Waals surface area (Å²) < 4.78 is 0. The maximum Gasteiger partial charge on any atom is 0.164 e. The van der Waals surface area contributed by atoms with E-state index in [-0.39, 0.29) is 11.8 Å². The van der Waals surface area contributed by atoms with Crippen LogP contribution in [0.1, 0.15) is 54.6 Å². The molecule has 2 N–H and O–H groups in total. The lowest BCUT2D eigenvalue weighted by molar-refractivity contribution is 0.0976. The van der Waals surface area contributed by atoms with Crippen molar-refractivity contribution in [3.8, 4) is 0 Å². The van der Waals surface area contributed by atoms with E-state index in [4.69, 9.17) is 5.73 Å². The summed E-state index contributed by atoms with van der Waals surface area (Å²) in [6, 6.07) is 6.03. The Labute approximate surface area is 97.9 Å². The monoisotopic (exact) mass is 219 g/mol. The second kappa shape index (κ2) is 5.26. The highest BCUT2D eigenvalue weighted by Crippen LogP contribution is 2.19. The molecule has 0 radical (unpaired) electrons. The molecule has 0 aliphatic rings. The fourth-order valence-corrected chi connectivity index (χ4v) is 1.70. The van der Waals surface area contributed by atoms with Gasteiger partial charge in [0, 0.05) is 18.0 Å². The topological polar surface area (TPSA) is 43.1 Å². The van der Waals surface area contributed by atoms with Crippen LogP contribution in [-0.4, -0.2) is 11.8 Å². The molecule has 0 amide bonds. The van der Waals surface area contributed by atoms with Crippen molar-refractivity contribution in [3.63, 3.8) is 0 Å². The van der Waals surface area contributed by atoms with Gasteiger partial charge < -0.3 is 5.73 Å². The van der Waals surface area contributed by atoms with Crippen LogP contribution in [0.5, 0.6) is 0 Å². The van der Waals surface area contributed by atoms with Crippen LogP contribution in [0.4, 0.5) is 0 Å². The lowest BCUT2D eigenvalue weighted by Crippen LogP contribution is -2.20. The van der Waals surface area contributed by atoms with Crippen LogP contribution in [0, 0.1) is 6.92 Å². The summed E-state index contributed by atoms with van der Waals surface area (Å²) in [5.41, 5.74) is 8.72. The van der Waals surface area contributed by atoms with Gasteiger partial charge in [-0.25, -0.2) is 0 Å². The number of carbonyl (C=O) groups is 1. The minimum Gasteiger partial charge on any atom is -0.328 e. The summed E-state index contributed by atoms with van der Waals surface area (Å²) in [7, 11) is 0. The smallest absolute Gasteiger partial charge is 0.164 e. The molecule has 1 atom stereocenters.